The first kappa shape index (κ1) is 34.1. The second-order valence-electron chi connectivity index (χ2n) is 0. The van der Waals surface area contributed by atoms with Gasteiger partial charge in [0.05, 0.1) is 0 Å². The molecule has 0 nitrogen and oxygen atoms in total. The van der Waals surface area contributed by atoms with E-state index in [-0.39, 0.29) is 148 Å². The molecule has 0 amide bonds. The molecule has 0 aliphatic heterocycles. The van der Waals surface area contributed by atoms with Gasteiger partial charge in [0.2, 0.25) is 0 Å². The molecule has 5 heavy (non-hydrogen) atoms. The number of halogens is 2. The van der Waals surface area contributed by atoms with Gasteiger partial charge in [0.15, 0.2) is 0 Å². The average Bonchev–Trinajstić information content (AvgIpc) is 0. The summed E-state index contributed by atoms with van der Waals surface area (Å²) in [6.45, 7) is 0. The average molecular weight is 442 g/mol. The summed E-state index contributed by atoms with van der Waals surface area (Å²) in [4.78, 5) is 0. The molecule has 0 N–H and O–H groups in total. The Labute approximate surface area is 144 Å². The van der Waals surface area contributed by atoms with Crippen LogP contribution in [0.15, 0.2) is 0 Å². The van der Waals surface area contributed by atoms with Crippen LogP contribution in [0.1, 0.15) is 4.28 Å². The predicted molar refractivity (Wildman–Crippen MR) is 36.9 cm³/mol. The largest absolute Gasteiger partial charge is 2.00 e. The first-order valence-electron chi connectivity index (χ1n) is 0. The maximum Gasteiger partial charge on any atom is 2.00 e. The topological polar surface area (TPSA) is 0 Å². The summed E-state index contributed by atoms with van der Waals surface area (Å²) in [7, 11) is 0. The van der Waals surface area contributed by atoms with Crippen molar-refractivity contribution in [1.82, 2.24) is 0 Å². The molecule has 0 rings (SSSR count). The van der Waals surface area contributed by atoms with Crippen LogP contribution < -0.4 is 51.4 Å². The number of hydrogen-bond acceptors (Lipinski definition) is 0. The van der Waals surface area contributed by atoms with Crippen molar-refractivity contribution in [3.05, 3.63) is 0 Å². The van der Waals surface area contributed by atoms with E-state index in [4.69, 9.17) is 0 Å². The normalized spacial score (nSPS) is 0. The molecule has 0 heterocycles. The monoisotopic (exact) mass is 442 g/mol. The van der Waals surface area contributed by atoms with Crippen LogP contribution in [0.25, 0.3) is 0 Å². The molecule has 0 aliphatic carbocycles. The Bertz CT molecular complexity index is 19.2. The fourth-order valence-corrected chi connectivity index (χ4v) is 0. The minimum atomic E-state index is 0. The van der Waals surface area contributed by atoms with Crippen molar-refractivity contribution < 1.29 is 60.4 Å². The van der Waals surface area contributed by atoms with Gasteiger partial charge in [0.25, 0.3) is 0 Å². The molecule has 0 spiro atoms. The van der Waals surface area contributed by atoms with Crippen LogP contribution in [0, 0.1) is 0 Å². The Morgan fingerprint density at radius 3 is 1.20 bits per heavy atom. The summed E-state index contributed by atoms with van der Waals surface area (Å²) >= 11 is 0. The molecule has 0 aliphatic rings. The van der Waals surface area contributed by atoms with Crippen LogP contribution in [-0.2, 0) is 0 Å². The van der Waals surface area contributed by atoms with Crippen LogP contribution in [0.3, 0.4) is 0 Å². The number of rotatable bonds is 0. The fraction of sp³-hybridized carbons (Fsp3) is 0. The van der Waals surface area contributed by atoms with Crippen LogP contribution in [0.4, 0.5) is 4.70 Å². The van der Waals surface area contributed by atoms with Crippen molar-refractivity contribution in [2.75, 3.05) is 0 Å². The van der Waals surface area contributed by atoms with Gasteiger partial charge in [0.1, 0.15) is 0 Å². The Morgan fingerprint density at radius 2 is 1.20 bits per heavy atom. The Hall–Kier alpha value is 4.44. The van der Waals surface area contributed by atoms with Gasteiger partial charge in [-0.2, -0.15) is 0 Å². The first-order valence-corrected chi connectivity index (χ1v) is 0. The van der Waals surface area contributed by atoms with E-state index in [1.165, 1.54) is 0 Å². The molecule has 0 atom stereocenters. The van der Waals surface area contributed by atoms with E-state index in [9.17, 15) is 0 Å². The van der Waals surface area contributed by atoms with Crippen molar-refractivity contribution in [3.8, 4) is 0 Å². The fourth-order valence-electron chi connectivity index (χ4n) is 0. The van der Waals surface area contributed by atoms with Crippen LogP contribution in [0.5, 0.6) is 0 Å². The third-order valence-corrected chi connectivity index (χ3v) is 0. The Kier molecular flexibility index (Phi) is 162. The summed E-state index contributed by atoms with van der Waals surface area (Å²) in [5.74, 6) is 0. The van der Waals surface area contributed by atoms with Crippen molar-refractivity contribution in [2.45, 2.75) is 0 Å². The molecule has 0 fully saturated rings. The SMILES string of the molecule is F.I.[BiH3].[Ca+2].[H-].[H-].[H-].[K+]. The van der Waals surface area contributed by atoms with Gasteiger partial charge < -0.3 is 4.28 Å². The molecule has 30 valence electrons. The summed E-state index contributed by atoms with van der Waals surface area (Å²) < 4.78 is 0. The summed E-state index contributed by atoms with van der Waals surface area (Å²) in [6.07, 6.45) is 0. The minimum absolute atomic E-state index is 0. The second-order valence-corrected chi connectivity index (χ2v) is 0. The zero-order valence-electron chi connectivity index (χ0n) is 6.23. The van der Waals surface area contributed by atoms with Gasteiger partial charge in [0, 0.05) is 0 Å². The maximum atomic E-state index is 0. The molecule has 0 radical (unpaired) electrons. The Morgan fingerprint density at radius 1 is 1.20 bits per heavy atom. The number of hydrogen-bond donors (Lipinski definition) is 0. The third kappa shape index (κ3) is 17.8. The standard InChI is InChI=1S/Bi.Ca.FH.HI.K.6H/h;;2*1H;;;;;;;/q;+2;;;+1;;;;3*-1. The van der Waals surface area contributed by atoms with Crippen molar-refractivity contribution in [2.24, 2.45) is 0 Å². The van der Waals surface area contributed by atoms with Crippen LogP contribution in [0.2, 0.25) is 0 Å². The van der Waals surface area contributed by atoms with Gasteiger partial charge in [-0.15, -0.1) is 24.0 Å². The molecule has 0 aromatic carbocycles. The van der Waals surface area contributed by atoms with Gasteiger partial charge in [-0.25, -0.2) is 0 Å². The van der Waals surface area contributed by atoms with Crippen LogP contribution >= 0.6 is 24.0 Å². The van der Waals surface area contributed by atoms with Crippen molar-refractivity contribution in [1.29, 1.82) is 0 Å². The predicted octanol–water partition coefficient (Wildman–Crippen LogP) is -3.45. The van der Waals surface area contributed by atoms with E-state index in [1.807, 2.05) is 0 Å². The molecule has 0 saturated carbocycles. The van der Waals surface area contributed by atoms with Crippen molar-refractivity contribution in [3.63, 3.8) is 0 Å². The molecule has 0 unspecified atom stereocenters. The van der Waals surface area contributed by atoms with E-state index in [0.717, 1.165) is 0 Å². The van der Waals surface area contributed by atoms with Gasteiger partial charge >= 0.3 is 115 Å². The zero-order valence-corrected chi connectivity index (χ0v) is 16.4. The van der Waals surface area contributed by atoms with E-state index in [1.54, 1.807) is 0 Å². The quantitative estimate of drug-likeness (QED) is 0.271. The van der Waals surface area contributed by atoms with E-state index in [2.05, 4.69) is 0 Å². The molecule has 0 aromatic heterocycles. The Balaban J connectivity index is 0. The van der Waals surface area contributed by atoms with Crippen molar-refractivity contribution >= 4 is 87.9 Å². The van der Waals surface area contributed by atoms with E-state index in [0.29, 0.717) is 0 Å². The molecule has 5 heteroatoms. The van der Waals surface area contributed by atoms with Gasteiger partial charge in [-0.3, -0.25) is 4.70 Å². The second kappa shape index (κ2) is 23.7. The van der Waals surface area contributed by atoms with Gasteiger partial charge in [-0.05, 0) is 0 Å². The maximum absolute atomic E-state index is 0. The first-order chi connectivity index (χ1) is 0. The van der Waals surface area contributed by atoms with E-state index >= 15 is 0 Å². The van der Waals surface area contributed by atoms with Crippen LogP contribution in [-0.4, -0.2) is 63.9 Å². The summed E-state index contributed by atoms with van der Waals surface area (Å²) in [6, 6.07) is 0. The van der Waals surface area contributed by atoms with E-state index < -0.39 is 0 Å². The molecular weight excluding hydrogens is 434 g/mol. The molecule has 0 aromatic rings. The third-order valence-electron chi connectivity index (χ3n) is 0. The molecular formula is H8BiCaFIK. The molecule has 0 bridgehead atoms. The summed E-state index contributed by atoms with van der Waals surface area (Å²) in [5.41, 5.74) is 0. The zero-order chi connectivity index (χ0) is 0. The molecule has 0 saturated heterocycles. The minimum Gasteiger partial charge on any atom is -1.00 e. The van der Waals surface area contributed by atoms with Gasteiger partial charge in [-0.1, -0.05) is 0 Å². The smallest absolute Gasteiger partial charge is 1.00 e. The summed E-state index contributed by atoms with van der Waals surface area (Å²) in [5, 5.41) is 0.